The lowest BCUT2D eigenvalue weighted by molar-refractivity contribution is 0.0972. The molecule has 1 unspecified atom stereocenters. The van der Waals surface area contributed by atoms with Crippen molar-refractivity contribution in [3.63, 3.8) is 0 Å². The molecule has 7 heteroatoms. The van der Waals surface area contributed by atoms with Gasteiger partial charge in [-0.25, -0.2) is 4.79 Å². The van der Waals surface area contributed by atoms with Crippen molar-refractivity contribution in [3.8, 4) is 16.9 Å². The highest BCUT2D eigenvalue weighted by molar-refractivity contribution is 5.92. The molecule has 0 spiro atoms. The number of ether oxygens (including phenoxy) is 2. The van der Waals surface area contributed by atoms with E-state index in [0.29, 0.717) is 12.6 Å². The van der Waals surface area contributed by atoms with Gasteiger partial charge in [-0.3, -0.25) is 9.58 Å². The van der Waals surface area contributed by atoms with Crippen LogP contribution in [0.3, 0.4) is 0 Å². The number of anilines is 1. The first-order valence-corrected chi connectivity index (χ1v) is 10.7. The number of benzene rings is 1. The van der Waals surface area contributed by atoms with Crippen molar-refractivity contribution < 1.29 is 19.4 Å². The maximum absolute atomic E-state index is 12.5. The number of methoxy groups -OCH3 is 1. The largest absolute Gasteiger partial charge is 0.492 e. The van der Waals surface area contributed by atoms with Gasteiger partial charge >= 0.3 is 6.09 Å². The van der Waals surface area contributed by atoms with Crippen LogP contribution in [-0.4, -0.2) is 47.3 Å². The Kier molecular flexibility index (Phi) is 5.49. The van der Waals surface area contributed by atoms with Gasteiger partial charge < -0.3 is 14.6 Å². The molecule has 1 fully saturated rings. The number of carbonyl (C=O) groups excluding carboxylic acids is 1. The first kappa shape index (κ1) is 20.7. The summed E-state index contributed by atoms with van der Waals surface area (Å²) in [5.74, 6) is 0.769. The molecule has 2 aliphatic rings. The molecule has 2 heterocycles. The summed E-state index contributed by atoms with van der Waals surface area (Å²) < 4.78 is 13.4. The van der Waals surface area contributed by atoms with Crippen LogP contribution in [0.5, 0.6) is 5.75 Å². The Bertz CT molecular complexity index is 933. The normalized spacial score (nSPS) is 18.8. The van der Waals surface area contributed by atoms with Gasteiger partial charge in [0, 0.05) is 34.3 Å². The number of hydrogen-bond acceptors (Lipinski definition) is 5. The fraction of sp³-hybridized carbons (Fsp3) is 0.565. The molecule has 0 bridgehead atoms. The highest BCUT2D eigenvalue weighted by Gasteiger charge is 2.33. The molecule has 4 rings (SSSR count). The third kappa shape index (κ3) is 3.90. The third-order valence-electron chi connectivity index (χ3n) is 5.99. The topological polar surface area (TPSA) is 76.8 Å². The standard InChI is InChI=1S/C23H31N3O4/c1-15-5-8-19-20(26(15)22(28)29-4)10-9-18(21(19)30-14-23(2,3)13-27)16-11-24-25(12-16)17-6-7-17/h9-12,15,17,27H,5-8,13-14H2,1-4H3. The highest BCUT2D eigenvalue weighted by Crippen LogP contribution is 2.44. The Morgan fingerprint density at radius 3 is 2.73 bits per heavy atom. The summed E-state index contributed by atoms with van der Waals surface area (Å²) in [6, 6.07) is 4.54. The van der Waals surface area contributed by atoms with Crippen LogP contribution in [0.25, 0.3) is 11.1 Å². The summed E-state index contributed by atoms with van der Waals surface area (Å²) in [7, 11) is 1.41. The first-order valence-electron chi connectivity index (χ1n) is 10.7. The monoisotopic (exact) mass is 413 g/mol. The van der Waals surface area contributed by atoms with Crippen LogP contribution >= 0.6 is 0 Å². The van der Waals surface area contributed by atoms with Crippen LogP contribution in [0, 0.1) is 5.41 Å². The molecule has 1 aliphatic heterocycles. The zero-order chi connectivity index (χ0) is 21.5. The molecule has 1 saturated carbocycles. The molecule has 1 aromatic heterocycles. The number of aromatic nitrogens is 2. The molecule has 1 N–H and O–H groups in total. The third-order valence-corrected chi connectivity index (χ3v) is 5.99. The summed E-state index contributed by atoms with van der Waals surface area (Å²) in [5, 5.41) is 14.2. The van der Waals surface area contributed by atoms with Crippen LogP contribution in [0.4, 0.5) is 10.5 Å². The number of rotatable bonds is 6. The highest BCUT2D eigenvalue weighted by atomic mass is 16.5. The number of aliphatic hydroxyl groups excluding tert-OH is 1. The van der Waals surface area contributed by atoms with Crippen molar-refractivity contribution in [1.29, 1.82) is 0 Å². The second-order valence-corrected chi connectivity index (χ2v) is 9.22. The molecular weight excluding hydrogens is 382 g/mol. The Morgan fingerprint density at radius 2 is 2.07 bits per heavy atom. The van der Waals surface area contributed by atoms with Gasteiger partial charge in [-0.15, -0.1) is 0 Å². The smallest absolute Gasteiger partial charge is 0.414 e. The van der Waals surface area contributed by atoms with Crippen LogP contribution < -0.4 is 9.64 Å². The van der Waals surface area contributed by atoms with E-state index in [1.54, 1.807) is 4.90 Å². The minimum Gasteiger partial charge on any atom is -0.492 e. The minimum atomic E-state index is -0.373. The average molecular weight is 414 g/mol. The van der Waals surface area contributed by atoms with Crippen LogP contribution in [0.1, 0.15) is 51.6 Å². The van der Waals surface area contributed by atoms with Crippen molar-refractivity contribution in [2.75, 3.05) is 25.2 Å². The van der Waals surface area contributed by atoms with E-state index in [4.69, 9.17) is 9.47 Å². The van der Waals surface area contributed by atoms with Gasteiger partial charge in [0.05, 0.1) is 38.2 Å². The second-order valence-electron chi connectivity index (χ2n) is 9.22. The van der Waals surface area contributed by atoms with Gasteiger partial charge in [0.15, 0.2) is 0 Å². The van der Waals surface area contributed by atoms with Crippen LogP contribution in [0.15, 0.2) is 24.5 Å². The number of fused-ring (bicyclic) bond motifs is 1. The Labute approximate surface area is 177 Å². The van der Waals surface area contributed by atoms with Crippen LogP contribution in [-0.2, 0) is 11.2 Å². The van der Waals surface area contributed by atoms with E-state index in [1.165, 1.54) is 20.0 Å². The lowest BCUT2D eigenvalue weighted by atomic mass is 9.92. The van der Waals surface area contributed by atoms with Crippen molar-refractivity contribution in [3.05, 3.63) is 30.1 Å². The van der Waals surface area contributed by atoms with Crippen molar-refractivity contribution in [2.45, 2.75) is 58.5 Å². The zero-order valence-electron chi connectivity index (χ0n) is 18.2. The summed E-state index contributed by atoms with van der Waals surface area (Å²) in [4.78, 5) is 14.2. The SMILES string of the molecule is COC(=O)N1c2ccc(-c3cnn(C4CC4)c3)c(OCC(C)(C)CO)c2CCC1C. The van der Waals surface area contributed by atoms with Gasteiger partial charge in [-0.2, -0.15) is 5.10 Å². The number of hydrogen-bond donors (Lipinski definition) is 1. The molecular formula is C23H31N3O4. The van der Waals surface area contributed by atoms with Crippen LogP contribution in [0.2, 0.25) is 0 Å². The summed E-state index contributed by atoms with van der Waals surface area (Å²) in [6.45, 7) is 6.37. The van der Waals surface area contributed by atoms with E-state index in [0.717, 1.165) is 41.0 Å². The molecule has 1 aromatic carbocycles. The van der Waals surface area contributed by atoms with Crippen molar-refractivity contribution in [1.82, 2.24) is 9.78 Å². The predicted octanol–water partition coefficient (Wildman–Crippen LogP) is 4.19. The van der Waals surface area contributed by atoms with E-state index >= 15 is 0 Å². The molecule has 2 aromatic rings. The van der Waals surface area contributed by atoms with Gasteiger partial charge in [0.2, 0.25) is 0 Å². The fourth-order valence-corrected chi connectivity index (χ4v) is 3.90. The lowest BCUT2D eigenvalue weighted by Gasteiger charge is -2.36. The van der Waals surface area contributed by atoms with E-state index in [9.17, 15) is 9.90 Å². The van der Waals surface area contributed by atoms with E-state index < -0.39 is 0 Å². The zero-order valence-corrected chi connectivity index (χ0v) is 18.2. The molecule has 1 amide bonds. The van der Waals surface area contributed by atoms with Gasteiger partial charge in [-0.1, -0.05) is 13.8 Å². The van der Waals surface area contributed by atoms with Gasteiger partial charge in [0.1, 0.15) is 5.75 Å². The summed E-state index contributed by atoms with van der Waals surface area (Å²) in [5.41, 5.74) is 3.43. The summed E-state index contributed by atoms with van der Waals surface area (Å²) >= 11 is 0. The maximum Gasteiger partial charge on any atom is 0.414 e. The molecule has 7 nitrogen and oxygen atoms in total. The van der Waals surface area contributed by atoms with E-state index in [1.807, 2.05) is 43.8 Å². The predicted molar refractivity (Wildman–Crippen MR) is 115 cm³/mol. The fourth-order valence-electron chi connectivity index (χ4n) is 3.90. The number of aliphatic hydroxyl groups is 1. The first-order chi connectivity index (χ1) is 14.3. The van der Waals surface area contributed by atoms with Gasteiger partial charge in [-0.05, 0) is 44.7 Å². The molecule has 1 atom stereocenters. The quantitative estimate of drug-likeness (QED) is 0.768. The van der Waals surface area contributed by atoms with Crippen molar-refractivity contribution >= 4 is 11.8 Å². The summed E-state index contributed by atoms with van der Waals surface area (Å²) in [6.07, 6.45) is 7.58. The lowest BCUT2D eigenvalue weighted by Crippen LogP contribution is -2.42. The maximum atomic E-state index is 12.5. The average Bonchev–Trinajstić information content (AvgIpc) is 3.48. The molecule has 0 saturated heterocycles. The van der Waals surface area contributed by atoms with E-state index in [-0.39, 0.29) is 24.2 Å². The second kappa shape index (κ2) is 7.95. The molecule has 0 radical (unpaired) electrons. The Hall–Kier alpha value is -2.54. The molecule has 30 heavy (non-hydrogen) atoms. The minimum absolute atomic E-state index is 0.0300. The number of amides is 1. The number of carbonyl (C=O) groups is 1. The Balaban J connectivity index is 1.78. The van der Waals surface area contributed by atoms with Gasteiger partial charge in [0.25, 0.3) is 0 Å². The molecule has 1 aliphatic carbocycles. The van der Waals surface area contributed by atoms with Crippen molar-refractivity contribution in [2.24, 2.45) is 5.41 Å². The Morgan fingerprint density at radius 1 is 1.30 bits per heavy atom. The van der Waals surface area contributed by atoms with E-state index in [2.05, 4.69) is 11.3 Å². The number of nitrogens with zero attached hydrogens (tertiary/aromatic N) is 3. The molecule has 162 valence electrons.